The van der Waals surface area contributed by atoms with Gasteiger partial charge in [-0.05, 0) is 37.6 Å². The molecule has 0 spiro atoms. The van der Waals surface area contributed by atoms with Crippen LogP contribution in [0.3, 0.4) is 0 Å². The van der Waals surface area contributed by atoms with Gasteiger partial charge in [0.05, 0.1) is 11.7 Å². The summed E-state index contributed by atoms with van der Waals surface area (Å²) in [7, 11) is 0. The normalized spacial score (nSPS) is 19.7. The fourth-order valence-corrected chi connectivity index (χ4v) is 3.35. The highest BCUT2D eigenvalue weighted by Crippen LogP contribution is 2.25. The molecule has 2 aromatic rings. The second kappa shape index (κ2) is 6.54. The SMILES string of the molecule is CC1C(=O)NCCCN1Cc1csc(-c2ccc(F)cc2)n1. The van der Waals surface area contributed by atoms with Crippen LogP contribution in [0.4, 0.5) is 4.39 Å². The molecule has 116 valence electrons. The zero-order valence-corrected chi connectivity index (χ0v) is 13.2. The molecule has 0 bridgehead atoms. The van der Waals surface area contributed by atoms with Gasteiger partial charge in [0, 0.05) is 30.6 Å². The summed E-state index contributed by atoms with van der Waals surface area (Å²) in [6, 6.07) is 6.22. The summed E-state index contributed by atoms with van der Waals surface area (Å²) in [4.78, 5) is 18.6. The Bertz CT molecular complexity index is 656. The monoisotopic (exact) mass is 319 g/mol. The minimum absolute atomic E-state index is 0.0755. The van der Waals surface area contributed by atoms with Crippen molar-refractivity contribution < 1.29 is 9.18 Å². The Morgan fingerprint density at radius 3 is 2.95 bits per heavy atom. The molecule has 3 rings (SSSR count). The first-order valence-corrected chi connectivity index (χ1v) is 8.23. The van der Waals surface area contributed by atoms with Crippen LogP contribution in [0.5, 0.6) is 0 Å². The fraction of sp³-hybridized carbons (Fsp3) is 0.375. The van der Waals surface area contributed by atoms with Crippen molar-refractivity contribution in [1.82, 2.24) is 15.2 Å². The number of nitrogens with one attached hydrogen (secondary N) is 1. The Balaban J connectivity index is 1.73. The molecule has 22 heavy (non-hydrogen) atoms. The van der Waals surface area contributed by atoms with E-state index in [2.05, 4.69) is 15.2 Å². The third-order valence-corrected chi connectivity index (χ3v) is 4.80. The summed E-state index contributed by atoms with van der Waals surface area (Å²) in [6.45, 7) is 4.20. The molecule has 0 saturated carbocycles. The predicted molar refractivity (Wildman–Crippen MR) is 85.0 cm³/mol. The molecular weight excluding hydrogens is 301 g/mol. The van der Waals surface area contributed by atoms with Crippen molar-refractivity contribution >= 4 is 17.2 Å². The number of carbonyl (C=O) groups excluding carboxylic acids is 1. The average molecular weight is 319 g/mol. The third kappa shape index (κ3) is 3.34. The Morgan fingerprint density at radius 1 is 1.41 bits per heavy atom. The molecule has 1 amide bonds. The van der Waals surface area contributed by atoms with Crippen molar-refractivity contribution in [3.63, 3.8) is 0 Å². The predicted octanol–water partition coefficient (Wildman–Crippen LogP) is 2.66. The fourth-order valence-electron chi connectivity index (χ4n) is 2.53. The molecule has 1 saturated heterocycles. The van der Waals surface area contributed by atoms with E-state index >= 15 is 0 Å². The summed E-state index contributed by atoms with van der Waals surface area (Å²) in [5.74, 6) is -0.170. The van der Waals surface area contributed by atoms with Crippen molar-refractivity contribution in [3.05, 3.63) is 41.2 Å². The van der Waals surface area contributed by atoms with E-state index in [1.54, 1.807) is 23.5 Å². The van der Waals surface area contributed by atoms with Crippen molar-refractivity contribution in [3.8, 4) is 10.6 Å². The zero-order valence-electron chi connectivity index (χ0n) is 12.4. The van der Waals surface area contributed by atoms with Crippen molar-refractivity contribution in [2.24, 2.45) is 0 Å². The van der Waals surface area contributed by atoms with Crippen molar-refractivity contribution in [2.45, 2.75) is 25.9 Å². The van der Waals surface area contributed by atoms with Gasteiger partial charge in [-0.2, -0.15) is 0 Å². The van der Waals surface area contributed by atoms with Crippen molar-refractivity contribution in [1.29, 1.82) is 0 Å². The highest BCUT2D eigenvalue weighted by atomic mass is 32.1. The number of carbonyl (C=O) groups is 1. The Kier molecular flexibility index (Phi) is 4.49. The molecule has 4 nitrogen and oxygen atoms in total. The van der Waals surface area contributed by atoms with Crippen LogP contribution in [0.25, 0.3) is 10.6 Å². The van der Waals surface area contributed by atoms with Crippen LogP contribution >= 0.6 is 11.3 Å². The topological polar surface area (TPSA) is 45.2 Å². The van der Waals surface area contributed by atoms with Crippen LogP contribution in [0.15, 0.2) is 29.6 Å². The number of halogens is 1. The van der Waals surface area contributed by atoms with E-state index < -0.39 is 0 Å². The summed E-state index contributed by atoms with van der Waals surface area (Å²) < 4.78 is 13.0. The molecule has 0 radical (unpaired) electrons. The highest BCUT2D eigenvalue weighted by Gasteiger charge is 2.24. The molecule has 2 heterocycles. The van der Waals surface area contributed by atoms with Gasteiger partial charge in [-0.3, -0.25) is 9.69 Å². The number of thiazole rings is 1. The van der Waals surface area contributed by atoms with Crippen LogP contribution in [-0.4, -0.2) is 34.9 Å². The number of nitrogens with zero attached hydrogens (tertiary/aromatic N) is 2. The molecule has 1 fully saturated rings. The first-order chi connectivity index (χ1) is 10.6. The van der Waals surface area contributed by atoms with Gasteiger partial charge in [-0.15, -0.1) is 11.3 Å². The summed E-state index contributed by atoms with van der Waals surface area (Å²) in [5.41, 5.74) is 1.87. The smallest absolute Gasteiger partial charge is 0.237 e. The molecule has 1 aliphatic heterocycles. The molecule has 1 atom stereocenters. The van der Waals surface area contributed by atoms with Gasteiger partial charge >= 0.3 is 0 Å². The van der Waals surface area contributed by atoms with Crippen LogP contribution in [0.1, 0.15) is 19.0 Å². The highest BCUT2D eigenvalue weighted by molar-refractivity contribution is 7.13. The Morgan fingerprint density at radius 2 is 2.18 bits per heavy atom. The molecular formula is C16H18FN3OS. The largest absolute Gasteiger partial charge is 0.355 e. The van der Waals surface area contributed by atoms with Gasteiger partial charge in [0.2, 0.25) is 5.91 Å². The van der Waals surface area contributed by atoms with Gasteiger partial charge in [0.25, 0.3) is 0 Å². The molecule has 1 aromatic carbocycles. The second-order valence-electron chi connectivity index (χ2n) is 5.44. The quantitative estimate of drug-likeness (QED) is 0.946. The van der Waals surface area contributed by atoms with Gasteiger partial charge in [-0.25, -0.2) is 9.37 Å². The number of hydrogen-bond donors (Lipinski definition) is 1. The van der Waals surface area contributed by atoms with Crippen molar-refractivity contribution in [2.75, 3.05) is 13.1 Å². The lowest BCUT2D eigenvalue weighted by atomic mass is 10.2. The second-order valence-corrected chi connectivity index (χ2v) is 6.30. The standard InChI is InChI=1S/C16H18FN3OS/c1-11-15(21)18-7-2-8-20(11)9-14-10-22-16(19-14)12-3-5-13(17)6-4-12/h3-6,10-11H,2,7-9H2,1H3,(H,18,21). The van der Waals surface area contributed by atoms with Gasteiger partial charge in [0.1, 0.15) is 10.8 Å². The maximum Gasteiger partial charge on any atom is 0.237 e. The molecule has 1 aromatic heterocycles. The Labute approximate surface area is 133 Å². The van der Waals surface area contributed by atoms with E-state index in [0.29, 0.717) is 6.54 Å². The molecule has 1 unspecified atom stereocenters. The Hall–Kier alpha value is -1.79. The number of hydrogen-bond acceptors (Lipinski definition) is 4. The maximum atomic E-state index is 13.0. The number of aromatic nitrogens is 1. The van der Waals surface area contributed by atoms with E-state index in [9.17, 15) is 9.18 Å². The van der Waals surface area contributed by atoms with Gasteiger partial charge in [-0.1, -0.05) is 0 Å². The lowest BCUT2D eigenvalue weighted by Crippen LogP contribution is -2.41. The van der Waals surface area contributed by atoms with Gasteiger partial charge < -0.3 is 5.32 Å². The lowest BCUT2D eigenvalue weighted by molar-refractivity contribution is -0.125. The lowest BCUT2D eigenvalue weighted by Gasteiger charge is -2.24. The van der Waals surface area contributed by atoms with Crippen LogP contribution in [0.2, 0.25) is 0 Å². The molecule has 1 aliphatic rings. The van der Waals surface area contributed by atoms with E-state index in [0.717, 1.165) is 35.8 Å². The number of rotatable bonds is 3. The summed E-state index contributed by atoms with van der Waals surface area (Å²) in [6.07, 6.45) is 0.949. The first-order valence-electron chi connectivity index (χ1n) is 7.35. The molecule has 0 aliphatic carbocycles. The van der Waals surface area contributed by atoms with E-state index in [1.165, 1.54) is 12.1 Å². The van der Waals surface area contributed by atoms with E-state index in [-0.39, 0.29) is 17.8 Å². The minimum atomic E-state index is -0.245. The number of amides is 1. The maximum absolute atomic E-state index is 13.0. The van der Waals surface area contributed by atoms with Crippen LogP contribution in [0, 0.1) is 5.82 Å². The zero-order chi connectivity index (χ0) is 15.5. The van der Waals surface area contributed by atoms with Crippen LogP contribution in [-0.2, 0) is 11.3 Å². The number of benzene rings is 1. The summed E-state index contributed by atoms with van der Waals surface area (Å²) >= 11 is 1.54. The first kappa shape index (κ1) is 15.1. The third-order valence-electron chi connectivity index (χ3n) is 3.86. The molecule has 6 heteroatoms. The summed E-state index contributed by atoms with van der Waals surface area (Å²) in [5, 5.41) is 5.80. The van der Waals surface area contributed by atoms with E-state index in [1.807, 2.05) is 12.3 Å². The molecule has 1 N–H and O–H groups in total. The minimum Gasteiger partial charge on any atom is -0.355 e. The van der Waals surface area contributed by atoms with Gasteiger partial charge in [0.15, 0.2) is 0 Å². The average Bonchev–Trinajstić information content (AvgIpc) is 2.92. The van der Waals surface area contributed by atoms with E-state index in [4.69, 9.17) is 0 Å². The van der Waals surface area contributed by atoms with Crippen LogP contribution < -0.4 is 5.32 Å².